The number of rotatable bonds is 5. The topological polar surface area (TPSA) is 96.6 Å². The number of hydrogen-bond acceptors (Lipinski definition) is 5. The molecule has 0 fully saturated rings. The van der Waals surface area contributed by atoms with Gasteiger partial charge in [-0.2, -0.15) is 0 Å². The Kier molecular flexibility index (Phi) is 5.87. The molecule has 0 aliphatic carbocycles. The van der Waals surface area contributed by atoms with Gasteiger partial charge in [-0.3, -0.25) is 0 Å². The van der Waals surface area contributed by atoms with Crippen LogP contribution in [0, 0.1) is 5.92 Å². The third-order valence-corrected chi connectivity index (χ3v) is 5.00. The molecule has 1 aliphatic heterocycles. The molecule has 2 atom stereocenters. The molecule has 1 aromatic heterocycles. The van der Waals surface area contributed by atoms with Gasteiger partial charge in [-0.15, -0.1) is 0 Å². The Morgan fingerprint density at radius 3 is 2.79 bits per heavy atom. The van der Waals surface area contributed by atoms with Crippen molar-refractivity contribution in [3.63, 3.8) is 0 Å². The van der Waals surface area contributed by atoms with E-state index in [0.717, 1.165) is 17.0 Å². The quantitative estimate of drug-likeness (QED) is 0.769. The highest BCUT2D eigenvalue weighted by Crippen LogP contribution is 2.34. The number of esters is 1. The Balaban J connectivity index is 1.94. The predicted molar refractivity (Wildman–Crippen MR) is 103 cm³/mol. The van der Waals surface area contributed by atoms with Gasteiger partial charge in [0.2, 0.25) is 0 Å². The summed E-state index contributed by atoms with van der Waals surface area (Å²) in [5, 5.41) is 2.83. The number of aromatic nitrogens is 2. The monoisotopic (exact) mass is 386 g/mol. The van der Waals surface area contributed by atoms with Crippen LogP contribution in [0.1, 0.15) is 36.8 Å². The number of benzene rings is 1. The van der Waals surface area contributed by atoms with Crippen molar-refractivity contribution in [2.24, 2.45) is 5.92 Å². The van der Waals surface area contributed by atoms with E-state index in [1.807, 2.05) is 38.1 Å². The first-order valence-electron chi connectivity index (χ1n) is 9.27. The summed E-state index contributed by atoms with van der Waals surface area (Å²) in [6.45, 7) is 4.22. The van der Waals surface area contributed by atoms with Crippen LogP contribution in [0.2, 0.25) is 0 Å². The number of methoxy groups -OCH3 is 2. The third kappa shape index (κ3) is 3.81. The van der Waals surface area contributed by atoms with Gasteiger partial charge in [0, 0.05) is 18.7 Å². The van der Waals surface area contributed by atoms with Gasteiger partial charge in [-0.1, -0.05) is 26.0 Å². The average Bonchev–Trinajstić information content (AvgIpc) is 3.19. The zero-order valence-electron chi connectivity index (χ0n) is 16.6. The first-order chi connectivity index (χ1) is 13.5. The largest absolute Gasteiger partial charge is 0.497 e. The molecule has 28 heavy (non-hydrogen) atoms. The molecule has 0 spiro atoms. The normalized spacial score (nSPS) is 17.0. The first-order valence-corrected chi connectivity index (χ1v) is 9.27. The van der Waals surface area contributed by atoms with Crippen LogP contribution in [0.3, 0.4) is 0 Å². The van der Waals surface area contributed by atoms with E-state index in [0.29, 0.717) is 18.7 Å². The minimum atomic E-state index is -0.718. The number of aromatic amines is 1. The number of hydrogen-bond donors (Lipinski definition) is 2. The lowest BCUT2D eigenvalue weighted by Crippen LogP contribution is -2.53. The molecule has 2 heterocycles. The summed E-state index contributed by atoms with van der Waals surface area (Å²) in [4.78, 5) is 34.5. The van der Waals surface area contributed by atoms with Crippen LogP contribution in [0.4, 0.5) is 4.79 Å². The van der Waals surface area contributed by atoms with Crippen molar-refractivity contribution in [1.29, 1.82) is 0 Å². The van der Waals surface area contributed by atoms with Gasteiger partial charge in [-0.25, -0.2) is 14.6 Å². The van der Waals surface area contributed by atoms with Crippen molar-refractivity contribution in [2.75, 3.05) is 20.8 Å². The van der Waals surface area contributed by atoms with Gasteiger partial charge in [0.15, 0.2) is 0 Å². The molecular weight excluding hydrogens is 360 g/mol. The van der Waals surface area contributed by atoms with Crippen molar-refractivity contribution in [1.82, 2.24) is 20.2 Å². The number of carbonyl (C=O) groups excluding carboxylic acids is 2. The molecule has 3 rings (SSSR count). The molecule has 1 aliphatic rings. The maximum Gasteiger partial charge on any atom is 0.328 e. The van der Waals surface area contributed by atoms with Crippen LogP contribution in [0.25, 0.3) is 0 Å². The van der Waals surface area contributed by atoms with Crippen LogP contribution in [-0.4, -0.2) is 53.7 Å². The molecule has 0 bridgehead atoms. The zero-order chi connectivity index (χ0) is 20.3. The Bertz CT molecular complexity index is 848. The SMILES string of the molecule is COC(=O)C(NC(=O)N1CCc2[nH]cnc2C1c1cccc(OC)c1)C(C)C. The predicted octanol–water partition coefficient (Wildman–Crippen LogP) is 2.27. The molecule has 2 aromatic rings. The fourth-order valence-electron chi connectivity index (χ4n) is 3.49. The minimum absolute atomic E-state index is 0.0996. The highest BCUT2D eigenvalue weighted by molar-refractivity contribution is 5.84. The number of urea groups is 1. The van der Waals surface area contributed by atoms with Crippen LogP contribution in [0.5, 0.6) is 5.75 Å². The van der Waals surface area contributed by atoms with Crippen LogP contribution in [0.15, 0.2) is 30.6 Å². The van der Waals surface area contributed by atoms with Crippen LogP contribution < -0.4 is 10.1 Å². The number of H-pyrrole nitrogens is 1. The lowest BCUT2D eigenvalue weighted by molar-refractivity contribution is -0.144. The third-order valence-electron chi connectivity index (χ3n) is 5.00. The fourth-order valence-corrected chi connectivity index (χ4v) is 3.49. The highest BCUT2D eigenvalue weighted by Gasteiger charge is 2.36. The maximum absolute atomic E-state index is 13.1. The second kappa shape index (κ2) is 8.33. The average molecular weight is 386 g/mol. The van der Waals surface area contributed by atoms with Crippen molar-refractivity contribution in [3.8, 4) is 5.75 Å². The molecule has 150 valence electrons. The summed E-state index contributed by atoms with van der Waals surface area (Å²) < 4.78 is 10.2. The van der Waals surface area contributed by atoms with E-state index in [1.54, 1.807) is 18.3 Å². The molecule has 8 nitrogen and oxygen atoms in total. The van der Waals surface area contributed by atoms with Crippen LogP contribution >= 0.6 is 0 Å². The molecule has 2 unspecified atom stereocenters. The van der Waals surface area contributed by atoms with Gasteiger partial charge in [0.1, 0.15) is 17.8 Å². The highest BCUT2D eigenvalue weighted by atomic mass is 16.5. The molecule has 8 heteroatoms. The van der Waals surface area contributed by atoms with Gasteiger partial charge < -0.3 is 24.7 Å². The van der Waals surface area contributed by atoms with Crippen molar-refractivity contribution < 1.29 is 19.1 Å². The summed E-state index contributed by atoms with van der Waals surface area (Å²) >= 11 is 0. The zero-order valence-corrected chi connectivity index (χ0v) is 16.6. The Morgan fingerprint density at radius 1 is 1.32 bits per heavy atom. The van der Waals surface area contributed by atoms with Gasteiger partial charge >= 0.3 is 12.0 Å². The molecular formula is C20H26N4O4. The van der Waals surface area contributed by atoms with Crippen LogP contribution in [-0.2, 0) is 16.0 Å². The van der Waals surface area contributed by atoms with E-state index in [1.165, 1.54) is 7.11 Å². The fraction of sp³-hybridized carbons (Fsp3) is 0.450. The minimum Gasteiger partial charge on any atom is -0.497 e. The van der Waals surface area contributed by atoms with E-state index in [4.69, 9.17) is 9.47 Å². The summed E-state index contributed by atoms with van der Waals surface area (Å²) in [5.74, 6) is 0.145. The first kappa shape index (κ1) is 19.7. The Morgan fingerprint density at radius 2 is 2.11 bits per heavy atom. The molecule has 1 aromatic carbocycles. The van der Waals surface area contributed by atoms with E-state index in [9.17, 15) is 9.59 Å². The van der Waals surface area contributed by atoms with E-state index in [-0.39, 0.29) is 18.0 Å². The van der Waals surface area contributed by atoms with E-state index < -0.39 is 12.0 Å². The number of ether oxygens (including phenoxy) is 2. The lowest BCUT2D eigenvalue weighted by atomic mass is 9.95. The number of nitrogens with zero attached hydrogens (tertiary/aromatic N) is 2. The second-order valence-corrected chi connectivity index (χ2v) is 7.08. The van der Waals surface area contributed by atoms with Gasteiger partial charge in [0.25, 0.3) is 0 Å². The summed E-state index contributed by atoms with van der Waals surface area (Å²) in [6.07, 6.45) is 2.30. The number of nitrogens with one attached hydrogen (secondary N) is 2. The van der Waals surface area contributed by atoms with Crippen molar-refractivity contribution >= 4 is 12.0 Å². The molecule has 2 amide bonds. The molecule has 0 radical (unpaired) electrons. The van der Waals surface area contributed by atoms with E-state index in [2.05, 4.69) is 15.3 Å². The van der Waals surface area contributed by atoms with Crippen molar-refractivity contribution in [2.45, 2.75) is 32.4 Å². The van der Waals surface area contributed by atoms with Crippen molar-refractivity contribution in [3.05, 3.63) is 47.5 Å². The molecule has 0 saturated heterocycles. The van der Waals surface area contributed by atoms with Gasteiger partial charge in [0.05, 0.1) is 26.2 Å². The number of imidazole rings is 1. The standard InChI is InChI=1S/C20H26N4O4/c1-12(2)16(19(25)28-4)23-20(26)24-9-8-15-17(22-11-21-15)18(24)13-6-5-7-14(10-13)27-3/h5-7,10-12,16,18H,8-9H2,1-4H3,(H,21,22)(H,23,26). The number of carbonyl (C=O) groups is 2. The smallest absolute Gasteiger partial charge is 0.328 e. The maximum atomic E-state index is 13.1. The Hall–Kier alpha value is -3.03. The summed E-state index contributed by atoms with van der Waals surface area (Å²) in [7, 11) is 2.92. The van der Waals surface area contributed by atoms with E-state index >= 15 is 0 Å². The molecule has 2 N–H and O–H groups in total. The lowest BCUT2D eigenvalue weighted by Gasteiger charge is -2.36. The molecule has 0 saturated carbocycles. The number of amides is 2. The summed E-state index contributed by atoms with van der Waals surface area (Å²) in [5.41, 5.74) is 2.70. The Labute approximate surface area is 164 Å². The number of fused-ring (bicyclic) bond motifs is 1. The second-order valence-electron chi connectivity index (χ2n) is 7.08. The van der Waals surface area contributed by atoms with Gasteiger partial charge in [-0.05, 0) is 23.6 Å². The summed E-state index contributed by atoms with van der Waals surface area (Å²) in [6, 6.07) is 6.15.